The second-order valence-corrected chi connectivity index (χ2v) is 6.70. The molecule has 0 saturated carbocycles. The van der Waals surface area contributed by atoms with Gasteiger partial charge in [-0.15, -0.1) is 0 Å². The number of Topliss-reactive ketones (excluding diaryl/α,β-unsaturated/α-hetero) is 1. The lowest BCUT2D eigenvalue weighted by Crippen LogP contribution is -2.51. The van der Waals surface area contributed by atoms with Crippen LogP contribution in [0.1, 0.15) is 59.8 Å². The molecule has 5 heteroatoms. The standard InChI is InChI=1S/C17H30N2O3/c1-6-8-16(21)19-10-7-9-14(19)17(22)18(5)15(13(4)20)11-12(2)3/h12,14-15H,6-11H2,1-5H3/t14-,15+/m0/s1. The highest BCUT2D eigenvalue weighted by Crippen LogP contribution is 2.22. The first-order chi connectivity index (χ1) is 10.3. The molecule has 1 saturated heterocycles. The van der Waals surface area contributed by atoms with Crippen LogP contribution in [0.25, 0.3) is 0 Å². The van der Waals surface area contributed by atoms with Gasteiger partial charge in [-0.05, 0) is 38.5 Å². The van der Waals surface area contributed by atoms with Crippen molar-refractivity contribution in [1.82, 2.24) is 9.80 Å². The van der Waals surface area contributed by atoms with Gasteiger partial charge in [-0.3, -0.25) is 14.4 Å². The zero-order chi connectivity index (χ0) is 16.9. The van der Waals surface area contributed by atoms with E-state index in [1.165, 1.54) is 6.92 Å². The summed E-state index contributed by atoms with van der Waals surface area (Å²) < 4.78 is 0. The fourth-order valence-corrected chi connectivity index (χ4v) is 3.11. The first-order valence-corrected chi connectivity index (χ1v) is 8.36. The molecule has 5 nitrogen and oxygen atoms in total. The third-order valence-electron chi connectivity index (χ3n) is 4.30. The minimum absolute atomic E-state index is 0.00832. The van der Waals surface area contributed by atoms with E-state index in [9.17, 15) is 14.4 Å². The molecule has 1 rings (SSSR count). The maximum Gasteiger partial charge on any atom is 0.245 e. The van der Waals surface area contributed by atoms with E-state index in [0.717, 1.165) is 12.8 Å². The molecule has 1 aliphatic rings. The van der Waals surface area contributed by atoms with E-state index in [-0.39, 0.29) is 17.6 Å². The van der Waals surface area contributed by atoms with E-state index >= 15 is 0 Å². The number of likely N-dealkylation sites (N-methyl/N-ethyl adjacent to an activating group) is 1. The highest BCUT2D eigenvalue weighted by Gasteiger charge is 2.37. The normalized spacial score (nSPS) is 19.4. The van der Waals surface area contributed by atoms with Gasteiger partial charge in [0.15, 0.2) is 5.78 Å². The molecule has 22 heavy (non-hydrogen) atoms. The highest BCUT2D eigenvalue weighted by atomic mass is 16.2. The summed E-state index contributed by atoms with van der Waals surface area (Å²) >= 11 is 0. The number of amides is 2. The van der Waals surface area contributed by atoms with Gasteiger partial charge in [0.1, 0.15) is 6.04 Å². The van der Waals surface area contributed by atoms with Gasteiger partial charge in [0.2, 0.25) is 11.8 Å². The van der Waals surface area contributed by atoms with E-state index in [1.54, 1.807) is 16.8 Å². The van der Waals surface area contributed by atoms with Crippen molar-refractivity contribution in [2.75, 3.05) is 13.6 Å². The van der Waals surface area contributed by atoms with E-state index in [0.29, 0.717) is 31.7 Å². The lowest BCUT2D eigenvalue weighted by atomic mass is 9.99. The summed E-state index contributed by atoms with van der Waals surface area (Å²) in [5, 5.41) is 0. The zero-order valence-electron chi connectivity index (χ0n) is 14.6. The molecular weight excluding hydrogens is 280 g/mol. The highest BCUT2D eigenvalue weighted by molar-refractivity contribution is 5.92. The zero-order valence-corrected chi connectivity index (χ0v) is 14.6. The SMILES string of the molecule is CCCC(=O)N1CCC[C@H]1C(=O)N(C)[C@H](CC(C)C)C(C)=O. The Labute approximate surface area is 134 Å². The number of carbonyl (C=O) groups is 3. The molecule has 0 N–H and O–H groups in total. The van der Waals surface area contributed by atoms with Crippen molar-refractivity contribution < 1.29 is 14.4 Å². The molecule has 0 bridgehead atoms. The van der Waals surface area contributed by atoms with Crippen molar-refractivity contribution in [2.24, 2.45) is 5.92 Å². The maximum absolute atomic E-state index is 12.8. The van der Waals surface area contributed by atoms with Crippen LogP contribution in [0.15, 0.2) is 0 Å². The van der Waals surface area contributed by atoms with Crippen molar-refractivity contribution in [3.05, 3.63) is 0 Å². The molecule has 0 aromatic carbocycles. The summed E-state index contributed by atoms with van der Waals surface area (Å²) in [6.45, 7) is 8.23. The van der Waals surface area contributed by atoms with Gasteiger partial charge >= 0.3 is 0 Å². The van der Waals surface area contributed by atoms with Crippen molar-refractivity contribution in [2.45, 2.75) is 71.9 Å². The van der Waals surface area contributed by atoms with E-state index < -0.39 is 12.1 Å². The lowest BCUT2D eigenvalue weighted by Gasteiger charge is -2.32. The average molecular weight is 310 g/mol. The Hall–Kier alpha value is -1.39. The van der Waals surface area contributed by atoms with Gasteiger partial charge in [0.25, 0.3) is 0 Å². The second kappa shape index (κ2) is 8.30. The van der Waals surface area contributed by atoms with Crippen LogP contribution >= 0.6 is 0 Å². The molecule has 0 aromatic heterocycles. The van der Waals surface area contributed by atoms with Crippen molar-refractivity contribution >= 4 is 17.6 Å². The molecule has 0 radical (unpaired) electrons. The third-order valence-corrected chi connectivity index (χ3v) is 4.30. The van der Waals surface area contributed by atoms with Gasteiger partial charge in [-0.25, -0.2) is 0 Å². The molecular formula is C17H30N2O3. The predicted octanol–water partition coefficient (Wildman–Crippen LogP) is 2.24. The van der Waals surface area contributed by atoms with Crippen LogP contribution in [0.3, 0.4) is 0 Å². The summed E-state index contributed by atoms with van der Waals surface area (Å²) in [6, 6.07) is -0.783. The maximum atomic E-state index is 12.8. The number of rotatable bonds is 7. The third kappa shape index (κ3) is 4.55. The first kappa shape index (κ1) is 18.7. The molecule has 1 fully saturated rings. The minimum Gasteiger partial charge on any atom is -0.334 e. The van der Waals surface area contributed by atoms with E-state index in [2.05, 4.69) is 0 Å². The molecule has 1 heterocycles. The topological polar surface area (TPSA) is 57.7 Å². The summed E-state index contributed by atoms with van der Waals surface area (Å²) in [5.74, 6) is 0.303. The molecule has 2 atom stereocenters. The van der Waals surface area contributed by atoms with Crippen LogP contribution in [0, 0.1) is 5.92 Å². The Morgan fingerprint density at radius 1 is 1.27 bits per heavy atom. The van der Waals surface area contributed by atoms with Crippen molar-refractivity contribution in [1.29, 1.82) is 0 Å². The molecule has 0 unspecified atom stereocenters. The second-order valence-electron chi connectivity index (χ2n) is 6.70. The minimum atomic E-state index is -0.392. The Morgan fingerprint density at radius 2 is 1.91 bits per heavy atom. The first-order valence-electron chi connectivity index (χ1n) is 8.36. The van der Waals surface area contributed by atoms with Crippen molar-refractivity contribution in [3.63, 3.8) is 0 Å². The van der Waals surface area contributed by atoms with Gasteiger partial charge < -0.3 is 9.80 Å². The number of nitrogens with zero attached hydrogens (tertiary/aromatic N) is 2. The van der Waals surface area contributed by atoms with Gasteiger partial charge in [0.05, 0.1) is 6.04 Å². The summed E-state index contributed by atoms with van der Waals surface area (Å²) in [5.41, 5.74) is 0. The van der Waals surface area contributed by atoms with Gasteiger partial charge in [-0.2, -0.15) is 0 Å². The largest absolute Gasteiger partial charge is 0.334 e. The quantitative estimate of drug-likeness (QED) is 0.724. The molecule has 1 aliphatic heterocycles. The number of hydrogen-bond acceptors (Lipinski definition) is 3. The summed E-state index contributed by atoms with van der Waals surface area (Å²) in [7, 11) is 1.69. The molecule has 126 valence electrons. The van der Waals surface area contributed by atoms with Crippen LogP contribution in [0.4, 0.5) is 0 Å². The molecule has 0 spiro atoms. The lowest BCUT2D eigenvalue weighted by molar-refractivity contribution is -0.146. The molecule has 2 amide bonds. The van der Waals surface area contributed by atoms with Gasteiger partial charge in [-0.1, -0.05) is 20.8 Å². The van der Waals surface area contributed by atoms with Crippen molar-refractivity contribution in [3.8, 4) is 0 Å². The van der Waals surface area contributed by atoms with Crippen LogP contribution in [0.5, 0.6) is 0 Å². The Balaban J connectivity index is 2.83. The Kier molecular flexibility index (Phi) is 7.04. The number of ketones is 1. The monoisotopic (exact) mass is 310 g/mol. The summed E-state index contributed by atoms with van der Waals surface area (Å²) in [4.78, 5) is 40.1. The number of hydrogen-bond donors (Lipinski definition) is 0. The number of likely N-dealkylation sites (tertiary alicyclic amines) is 1. The fourth-order valence-electron chi connectivity index (χ4n) is 3.11. The Morgan fingerprint density at radius 3 is 2.41 bits per heavy atom. The fraction of sp³-hybridized carbons (Fsp3) is 0.824. The van der Waals surface area contributed by atoms with Crippen LogP contribution in [-0.4, -0.2) is 53.1 Å². The average Bonchev–Trinajstić information content (AvgIpc) is 2.92. The predicted molar refractivity (Wildman–Crippen MR) is 86.3 cm³/mol. The Bertz CT molecular complexity index is 420. The smallest absolute Gasteiger partial charge is 0.245 e. The van der Waals surface area contributed by atoms with E-state index in [4.69, 9.17) is 0 Å². The number of carbonyl (C=O) groups excluding carboxylic acids is 3. The molecule has 0 aliphatic carbocycles. The van der Waals surface area contributed by atoms with Gasteiger partial charge in [0, 0.05) is 20.0 Å². The van der Waals surface area contributed by atoms with Crippen LogP contribution in [0.2, 0.25) is 0 Å². The van der Waals surface area contributed by atoms with E-state index in [1.807, 2.05) is 20.8 Å². The molecule has 0 aromatic rings. The van der Waals surface area contributed by atoms with Crippen LogP contribution in [-0.2, 0) is 14.4 Å². The summed E-state index contributed by atoms with van der Waals surface area (Å²) in [6.07, 6.45) is 3.48. The van der Waals surface area contributed by atoms with Crippen LogP contribution < -0.4 is 0 Å².